The van der Waals surface area contributed by atoms with Crippen LogP contribution < -0.4 is 5.73 Å². The highest BCUT2D eigenvalue weighted by Gasteiger charge is 2.03. The summed E-state index contributed by atoms with van der Waals surface area (Å²) in [7, 11) is 0. The van der Waals surface area contributed by atoms with E-state index in [0.717, 1.165) is 23.4 Å². The van der Waals surface area contributed by atoms with E-state index in [1.54, 1.807) is 0 Å². The Balaban J connectivity index is 2.20. The summed E-state index contributed by atoms with van der Waals surface area (Å²) in [4.78, 5) is 8.75. The summed E-state index contributed by atoms with van der Waals surface area (Å²) in [5, 5.41) is 0. The standard InChI is InChI=1S/C15H19N3/c1-11(2)13-3-5-14(6-4-13)15-17-9-12(7-8-16)10-18-15/h3-6,9-11H,7-8,16H2,1-2H3. The minimum Gasteiger partial charge on any atom is -0.330 e. The highest BCUT2D eigenvalue weighted by Crippen LogP contribution is 2.19. The van der Waals surface area contributed by atoms with Crippen molar-refractivity contribution >= 4 is 0 Å². The van der Waals surface area contributed by atoms with Crippen molar-refractivity contribution in [3.8, 4) is 11.4 Å². The van der Waals surface area contributed by atoms with Crippen LogP contribution in [0.4, 0.5) is 0 Å². The number of hydrogen-bond donors (Lipinski definition) is 1. The number of aromatic nitrogens is 2. The van der Waals surface area contributed by atoms with Gasteiger partial charge in [-0.1, -0.05) is 38.1 Å². The monoisotopic (exact) mass is 241 g/mol. The predicted octanol–water partition coefficient (Wildman–Crippen LogP) is 2.77. The molecule has 3 heteroatoms. The zero-order chi connectivity index (χ0) is 13.0. The van der Waals surface area contributed by atoms with Crippen molar-refractivity contribution in [1.82, 2.24) is 9.97 Å². The van der Waals surface area contributed by atoms with Crippen molar-refractivity contribution in [2.45, 2.75) is 26.2 Å². The van der Waals surface area contributed by atoms with E-state index in [2.05, 4.69) is 48.1 Å². The third-order valence-electron chi connectivity index (χ3n) is 2.97. The summed E-state index contributed by atoms with van der Waals surface area (Å²) >= 11 is 0. The zero-order valence-corrected chi connectivity index (χ0v) is 10.9. The van der Waals surface area contributed by atoms with Crippen LogP contribution in [0.1, 0.15) is 30.9 Å². The lowest BCUT2D eigenvalue weighted by Gasteiger charge is -2.06. The third kappa shape index (κ3) is 2.93. The minimum absolute atomic E-state index is 0.548. The van der Waals surface area contributed by atoms with Gasteiger partial charge in [0.1, 0.15) is 0 Å². The van der Waals surface area contributed by atoms with Gasteiger partial charge in [-0.2, -0.15) is 0 Å². The van der Waals surface area contributed by atoms with Crippen LogP contribution in [0.25, 0.3) is 11.4 Å². The maximum absolute atomic E-state index is 5.50. The molecule has 2 N–H and O–H groups in total. The predicted molar refractivity (Wildman–Crippen MR) is 74.3 cm³/mol. The molecule has 1 aromatic carbocycles. The molecule has 2 rings (SSSR count). The van der Waals surface area contributed by atoms with Crippen LogP contribution in [-0.4, -0.2) is 16.5 Å². The molecule has 0 saturated heterocycles. The second kappa shape index (κ2) is 5.74. The van der Waals surface area contributed by atoms with Gasteiger partial charge in [-0.25, -0.2) is 9.97 Å². The molecule has 3 nitrogen and oxygen atoms in total. The second-order valence-corrected chi connectivity index (χ2v) is 4.73. The molecule has 0 aliphatic carbocycles. The van der Waals surface area contributed by atoms with E-state index in [0.29, 0.717) is 12.5 Å². The van der Waals surface area contributed by atoms with Gasteiger partial charge < -0.3 is 5.73 Å². The Hall–Kier alpha value is -1.74. The summed E-state index contributed by atoms with van der Waals surface area (Å²) < 4.78 is 0. The highest BCUT2D eigenvalue weighted by molar-refractivity contribution is 5.55. The van der Waals surface area contributed by atoms with E-state index in [1.165, 1.54) is 5.56 Å². The molecular formula is C15H19N3. The van der Waals surface area contributed by atoms with Gasteiger partial charge in [0.15, 0.2) is 5.82 Å². The van der Waals surface area contributed by atoms with Crippen molar-refractivity contribution in [2.24, 2.45) is 5.73 Å². The van der Waals surface area contributed by atoms with E-state index < -0.39 is 0 Å². The molecule has 0 bridgehead atoms. The van der Waals surface area contributed by atoms with Crippen LogP contribution >= 0.6 is 0 Å². The SMILES string of the molecule is CC(C)c1ccc(-c2ncc(CCN)cn2)cc1. The number of rotatable bonds is 4. The van der Waals surface area contributed by atoms with Crippen LogP contribution in [0.15, 0.2) is 36.7 Å². The fourth-order valence-corrected chi connectivity index (χ4v) is 1.82. The summed E-state index contributed by atoms with van der Waals surface area (Å²) in [5.41, 5.74) is 8.97. The van der Waals surface area contributed by atoms with Crippen LogP contribution in [0.2, 0.25) is 0 Å². The van der Waals surface area contributed by atoms with Crippen LogP contribution in [-0.2, 0) is 6.42 Å². The molecule has 18 heavy (non-hydrogen) atoms. The Morgan fingerprint density at radius 3 is 2.17 bits per heavy atom. The molecule has 2 aromatic rings. The molecule has 0 spiro atoms. The Bertz CT molecular complexity index is 486. The highest BCUT2D eigenvalue weighted by atomic mass is 14.9. The van der Waals surface area contributed by atoms with E-state index in [1.807, 2.05) is 12.4 Å². The molecule has 1 heterocycles. The summed E-state index contributed by atoms with van der Waals surface area (Å²) in [6, 6.07) is 8.43. The van der Waals surface area contributed by atoms with E-state index in [9.17, 15) is 0 Å². The number of benzene rings is 1. The molecule has 0 aliphatic rings. The molecule has 1 aromatic heterocycles. The first-order valence-corrected chi connectivity index (χ1v) is 6.32. The van der Waals surface area contributed by atoms with Gasteiger partial charge in [0.05, 0.1) is 0 Å². The van der Waals surface area contributed by atoms with Gasteiger partial charge in [-0.05, 0) is 30.0 Å². The van der Waals surface area contributed by atoms with Crippen molar-refractivity contribution in [3.63, 3.8) is 0 Å². The molecule has 0 amide bonds. The topological polar surface area (TPSA) is 51.8 Å². The Morgan fingerprint density at radius 1 is 1.06 bits per heavy atom. The first-order chi connectivity index (χ1) is 8.70. The van der Waals surface area contributed by atoms with E-state index >= 15 is 0 Å². The van der Waals surface area contributed by atoms with Crippen molar-refractivity contribution in [3.05, 3.63) is 47.8 Å². The van der Waals surface area contributed by atoms with Gasteiger partial charge in [0, 0.05) is 18.0 Å². The summed E-state index contributed by atoms with van der Waals surface area (Å²) in [6.45, 7) is 5.01. The van der Waals surface area contributed by atoms with Gasteiger partial charge in [0.2, 0.25) is 0 Å². The quantitative estimate of drug-likeness (QED) is 0.895. The van der Waals surface area contributed by atoms with Crippen LogP contribution in [0.5, 0.6) is 0 Å². The van der Waals surface area contributed by atoms with Crippen molar-refractivity contribution in [1.29, 1.82) is 0 Å². The first kappa shape index (κ1) is 12.7. The second-order valence-electron chi connectivity index (χ2n) is 4.73. The van der Waals surface area contributed by atoms with Crippen molar-refractivity contribution in [2.75, 3.05) is 6.54 Å². The van der Waals surface area contributed by atoms with Gasteiger partial charge in [-0.3, -0.25) is 0 Å². The molecule has 0 radical (unpaired) electrons. The van der Waals surface area contributed by atoms with Gasteiger partial charge in [0.25, 0.3) is 0 Å². The van der Waals surface area contributed by atoms with E-state index in [-0.39, 0.29) is 0 Å². The molecule has 0 saturated carbocycles. The minimum atomic E-state index is 0.548. The maximum atomic E-state index is 5.50. The molecule has 0 aliphatic heterocycles. The summed E-state index contributed by atoms with van der Waals surface area (Å²) in [6.07, 6.45) is 4.53. The molecule has 94 valence electrons. The van der Waals surface area contributed by atoms with Gasteiger partial charge >= 0.3 is 0 Å². The molecule has 0 fully saturated rings. The Kier molecular flexibility index (Phi) is 4.05. The normalized spacial score (nSPS) is 10.9. The largest absolute Gasteiger partial charge is 0.330 e. The third-order valence-corrected chi connectivity index (χ3v) is 2.97. The first-order valence-electron chi connectivity index (χ1n) is 6.32. The van der Waals surface area contributed by atoms with Crippen LogP contribution in [0.3, 0.4) is 0 Å². The van der Waals surface area contributed by atoms with Crippen molar-refractivity contribution < 1.29 is 0 Å². The average Bonchev–Trinajstić information content (AvgIpc) is 2.40. The fourth-order valence-electron chi connectivity index (χ4n) is 1.82. The Labute approximate surface area is 108 Å². The van der Waals surface area contributed by atoms with Gasteiger partial charge in [-0.15, -0.1) is 0 Å². The molecular weight excluding hydrogens is 222 g/mol. The molecule has 0 atom stereocenters. The zero-order valence-electron chi connectivity index (χ0n) is 10.9. The Morgan fingerprint density at radius 2 is 1.67 bits per heavy atom. The average molecular weight is 241 g/mol. The van der Waals surface area contributed by atoms with E-state index in [4.69, 9.17) is 5.73 Å². The number of hydrogen-bond acceptors (Lipinski definition) is 3. The lowest BCUT2D eigenvalue weighted by molar-refractivity contribution is 0.867. The summed E-state index contributed by atoms with van der Waals surface area (Å²) in [5.74, 6) is 1.32. The van der Waals surface area contributed by atoms with Crippen LogP contribution in [0, 0.1) is 0 Å². The number of nitrogens with two attached hydrogens (primary N) is 1. The lowest BCUT2D eigenvalue weighted by atomic mass is 10.0. The smallest absolute Gasteiger partial charge is 0.159 e. The fraction of sp³-hybridized carbons (Fsp3) is 0.333. The number of nitrogens with zero attached hydrogens (tertiary/aromatic N) is 2. The molecule has 0 unspecified atom stereocenters. The lowest BCUT2D eigenvalue weighted by Crippen LogP contribution is -2.03. The maximum Gasteiger partial charge on any atom is 0.159 e.